The van der Waals surface area contributed by atoms with Crippen molar-refractivity contribution in [2.45, 2.75) is 142 Å². The lowest BCUT2D eigenvalue weighted by molar-refractivity contribution is -0.143. The molecule has 0 spiro atoms. The maximum absolute atomic E-state index is 13.6. The van der Waals surface area contributed by atoms with Crippen LogP contribution in [-0.2, 0) is 23.8 Å². The molecule has 1 unspecified atom stereocenters. The lowest BCUT2D eigenvalue weighted by Gasteiger charge is -2.45. The van der Waals surface area contributed by atoms with Crippen LogP contribution in [0.4, 0.5) is 0 Å². The first-order chi connectivity index (χ1) is 18.6. The second-order valence-corrected chi connectivity index (χ2v) is 22.0. The summed E-state index contributed by atoms with van der Waals surface area (Å²) in [5.74, 6) is 1.81. The summed E-state index contributed by atoms with van der Waals surface area (Å²) in [6.45, 7) is 18.6. The zero-order valence-corrected chi connectivity index (χ0v) is 28.4. The van der Waals surface area contributed by atoms with Crippen LogP contribution >= 0.6 is 0 Å². The zero-order chi connectivity index (χ0) is 29.5. The lowest BCUT2D eigenvalue weighted by Crippen LogP contribution is -2.44. The number of sulfone groups is 1. The van der Waals surface area contributed by atoms with E-state index in [1.54, 1.807) is 0 Å². The molecule has 1 aliphatic heterocycles. The van der Waals surface area contributed by atoms with E-state index in [2.05, 4.69) is 53.8 Å². The summed E-state index contributed by atoms with van der Waals surface area (Å²) in [6.07, 6.45) is 13.1. The maximum Gasteiger partial charge on any atom is 0.305 e. The molecule has 6 atom stereocenters. The van der Waals surface area contributed by atoms with Gasteiger partial charge in [0.05, 0.1) is 12.4 Å². The van der Waals surface area contributed by atoms with Gasteiger partial charge in [-0.1, -0.05) is 51.8 Å². The number of hydrogen-bond acceptors (Lipinski definition) is 5. The highest BCUT2D eigenvalue weighted by molar-refractivity contribution is 7.92. The number of ether oxygens (including phenoxy) is 1. The summed E-state index contributed by atoms with van der Waals surface area (Å²) >= 11 is 0. The SMILES string of the molecule is CCOC(=O)CCC[C@@H](C)[C@H]1CC[C@H]2/C(=C/C3C4=C(CC[C@H](O[Si](C)(C)C(C)(C)C)C4)CS3(=O)=O)CCC[C@]12C. The monoisotopic (exact) mass is 592 g/mol. The van der Waals surface area contributed by atoms with Crippen LogP contribution in [-0.4, -0.2) is 46.4 Å². The highest BCUT2D eigenvalue weighted by Crippen LogP contribution is 2.60. The minimum absolute atomic E-state index is 0.0841. The van der Waals surface area contributed by atoms with E-state index in [9.17, 15) is 13.2 Å². The van der Waals surface area contributed by atoms with Crippen molar-refractivity contribution in [2.75, 3.05) is 12.4 Å². The van der Waals surface area contributed by atoms with Gasteiger partial charge in [0, 0.05) is 12.5 Å². The molecule has 7 heteroatoms. The molecule has 1 heterocycles. The smallest absolute Gasteiger partial charge is 0.305 e. The number of carbonyl (C=O) groups is 1. The van der Waals surface area contributed by atoms with E-state index in [-0.39, 0.29) is 28.3 Å². The van der Waals surface area contributed by atoms with Crippen molar-refractivity contribution in [1.82, 2.24) is 0 Å². The average Bonchev–Trinajstić information content (AvgIpc) is 3.32. The first kappa shape index (κ1) is 32.0. The highest BCUT2D eigenvalue weighted by atomic mass is 32.2. The molecular formula is C33H56O5SSi. The molecule has 0 aromatic carbocycles. The molecule has 40 heavy (non-hydrogen) atoms. The third kappa shape index (κ3) is 6.51. The summed E-state index contributed by atoms with van der Waals surface area (Å²) in [4.78, 5) is 11.8. The average molecular weight is 593 g/mol. The van der Waals surface area contributed by atoms with Crippen LogP contribution in [0.2, 0.25) is 18.1 Å². The Labute approximate surface area is 246 Å². The summed E-state index contributed by atoms with van der Waals surface area (Å²) in [5.41, 5.74) is 3.96. The van der Waals surface area contributed by atoms with Crippen molar-refractivity contribution in [3.8, 4) is 0 Å². The molecular weight excluding hydrogens is 537 g/mol. The van der Waals surface area contributed by atoms with Crippen LogP contribution in [0.1, 0.15) is 112 Å². The molecule has 228 valence electrons. The number of allylic oxidation sites excluding steroid dienone is 1. The minimum Gasteiger partial charge on any atom is -0.466 e. The second kappa shape index (κ2) is 12.0. The summed E-state index contributed by atoms with van der Waals surface area (Å²) in [7, 11) is -5.12. The third-order valence-electron chi connectivity index (χ3n) is 11.5. The highest BCUT2D eigenvalue weighted by Gasteiger charge is 2.51. The fourth-order valence-electron chi connectivity index (χ4n) is 8.33. The Hall–Kier alpha value is -0.923. The van der Waals surface area contributed by atoms with Gasteiger partial charge in [0.1, 0.15) is 5.25 Å². The number of carbonyl (C=O) groups excluding carboxylic acids is 1. The van der Waals surface area contributed by atoms with Gasteiger partial charge in [0.15, 0.2) is 18.2 Å². The van der Waals surface area contributed by atoms with Crippen LogP contribution in [0, 0.1) is 23.2 Å². The van der Waals surface area contributed by atoms with E-state index >= 15 is 0 Å². The minimum atomic E-state index is -3.21. The number of rotatable bonds is 9. The summed E-state index contributed by atoms with van der Waals surface area (Å²) in [6, 6.07) is 0. The maximum atomic E-state index is 13.6. The largest absolute Gasteiger partial charge is 0.466 e. The summed E-state index contributed by atoms with van der Waals surface area (Å²) < 4.78 is 39.1. The Morgan fingerprint density at radius 1 is 1.18 bits per heavy atom. The Morgan fingerprint density at radius 3 is 2.58 bits per heavy atom. The third-order valence-corrected chi connectivity index (χ3v) is 18.0. The fraction of sp³-hybridized carbons (Fsp3) is 0.848. The quantitative estimate of drug-likeness (QED) is 0.153. The molecule has 0 N–H and O–H groups in total. The van der Waals surface area contributed by atoms with Crippen molar-refractivity contribution in [3.05, 3.63) is 22.8 Å². The van der Waals surface area contributed by atoms with Crippen molar-refractivity contribution in [2.24, 2.45) is 23.2 Å². The van der Waals surface area contributed by atoms with Gasteiger partial charge in [-0.25, -0.2) is 8.42 Å². The van der Waals surface area contributed by atoms with Gasteiger partial charge in [-0.3, -0.25) is 4.79 Å². The van der Waals surface area contributed by atoms with Gasteiger partial charge in [-0.2, -0.15) is 0 Å². The molecule has 0 bridgehead atoms. The molecule has 0 aromatic rings. The molecule has 2 saturated carbocycles. The predicted molar refractivity (Wildman–Crippen MR) is 166 cm³/mol. The van der Waals surface area contributed by atoms with Gasteiger partial charge in [-0.15, -0.1) is 0 Å². The van der Waals surface area contributed by atoms with Crippen molar-refractivity contribution < 1.29 is 22.4 Å². The van der Waals surface area contributed by atoms with Crippen LogP contribution < -0.4 is 0 Å². The molecule has 4 rings (SSSR count). The lowest BCUT2D eigenvalue weighted by atomic mass is 9.60. The van der Waals surface area contributed by atoms with E-state index in [1.165, 1.54) is 24.0 Å². The van der Waals surface area contributed by atoms with Crippen LogP contribution in [0.3, 0.4) is 0 Å². The first-order valence-corrected chi connectivity index (χ1v) is 20.7. The molecule has 4 aliphatic rings. The molecule has 0 radical (unpaired) electrons. The Balaban J connectivity index is 1.49. The van der Waals surface area contributed by atoms with Gasteiger partial charge in [0.2, 0.25) is 0 Å². The van der Waals surface area contributed by atoms with Crippen molar-refractivity contribution in [3.63, 3.8) is 0 Å². The fourth-order valence-corrected chi connectivity index (χ4v) is 11.8. The zero-order valence-electron chi connectivity index (χ0n) is 26.6. The van der Waals surface area contributed by atoms with Gasteiger partial charge < -0.3 is 9.16 Å². The molecule has 0 saturated heterocycles. The van der Waals surface area contributed by atoms with Crippen LogP contribution in [0.15, 0.2) is 22.8 Å². The van der Waals surface area contributed by atoms with Gasteiger partial charge >= 0.3 is 5.97 Å². The molecule has 5 nitrogen and oxygen atoms in total. The predicted octanol–water partition coefficient (Wildman–Crippen LogP) is 8.17. The molecule has 3 aliphatic carbocycles. The molecule has 0 aromatic heterocycles. The standard InChI is InChI=1S/C33H56O5SSi/c1-9-37-31(34)14-10-12-23(2)28-17-18-29-24(13-11-19-33(28,29)6)20-30-27-21-26(38-40(7,8)32(3,4)5)16-15-25(27)22-39(30,35)36/h20,23,26,28-30H,9-19,21-22H2,1-8H3/b24-20+/t23-,26+,28-,29+,30?,33-/m1/s1. The molecule has 2 fully saturated rings. The van der Waals surface area contributed by atoms with Crippen LogP contribution in [0.25, 0.3) is 0 Å². The van der Waals surface area contributed by atoms with E-state index in [0.29, 0.717) is 30.8 Å². The van der Waals surface area contributed by atoms with Crippen molar-refractivity contribution in [1.29, 1.82) is 0 Å². The Morgan fingerprint density at radius 2 is 1.90 bits per heavy atom. The Bertz CT molecular complexity index is 1110. The number of fused-ring (bicyclic) bond motifs is 1. The van der Waals surface area contributed by atoms with E-state index < -0.39 is 23.4 Å². The normalized spacial score (nSPS) is 34.0. The van der Waals surface area contributed by atoms with Crippen LogP contribution in [0.5, 0.6) is 0 Å². The molecule has 0 amide bonds. The van der Waals surface area contributed by atoms with E-state index in [0.717, 1.165) is 56.9 Å². The first-order valence-electron chi connectivity index (χ1n) is 16.1. The van der Waals surface area contributed by atoms with E-state index in [1.807, 2.05) is 6.92 Å². The number of hydrogen-bond donors (Lipinski definition) is 0. The number of esters is 1. The van der Waals surface area contributed by atoms with Crippen molar-refractivity contribution >= 4 is 24.1 Å². The van der Waals surface area contributed by atoms with E-state index in [4.69, 9.17) is 9.16 Å². The second-order valence-electron chi connectivity index (χ2n) is 15.1. The van der Waals surface area contributed by atoms with Gasteiger partial charge in [0.25, 0.3) is 0 Å². The topological polar surface area (TPSA) is 69.7 Å². The van der Waals surface area contributed by atoms with Gasteiger partial charge in [-0.05, 0) is 118 Å². The Kier molecular flexibility index (Phi) is 9.59. The summed E-state index contributed by atoms with van der Waals surface area (Å²) in [5, 5.41) is -0.307.